The van der Waals surface area contributed by atoms with E-state index in [4.69, 9.17) is 4.74 Å². The Morgan fingerprint density at radius 3 is 2.54 bits per heavy atom. The molecule has 26 heavy (non-hydrogen) atoms. The van der Waals surface area contributed by atoms with Crippen LogP contribution in [0.1, 0.15) is 24.2 Å². The standard InChI is InChI=1S/C20H21FN2O3/c1-3-26-18-7-5-4-6-17(18)23-13-12-22(14(2)19(23)24)20(25)15-8-10-16(21)11-9-15/h4-11,14H,3,12-13H2,1-2H3. The average molecular weight is 356 g/mol. The molecule has 2 aromatic carbocycles. The number of ether oxygens (including phenoxy) is 1. The van der Waals surface area contributed by atoms with Crippen molar-refractivity contribution in [2.45, 2.75) is 19.9 Å². The van der Waals surface area contributed by atoms with Crippen molar-refractivity contribution in [2.75, 3.05) is 24.6 Å². The van der Waals surface area contributed by atoms with Crippen LogP contribution in [0, 0.1) is 5.82 Å². The first kappa shape index (κ1) is 17.9. The van der Waals surface area contributed by atoms with E-state index >= 15 is 0 Å². The molecule has 0 aromatic heterocycles. The highest BCUT2D eigenvalue weighted by atomic mass is 19.1. The Hall–Kier alpha value is -2.89. The first-order valence-corrected chi connectivity index (χ1v) is 8.62. The fourth-order valence-corrected chi connectivity index (χ4v) is 3.10. The Labute approximate surface area is 152 Å². The highest BCUT2D eigenvalue weighted by Crippen LogP contribution is 2.30. The molecule has 0 aliphatic carbocycles. The highest BCUT2D eigenvalue weighted by molar-refractivity contribution is 6.04. The minimum Gasteiger partial charge on any atom is -0.492 e. The van der Waals surface area contributed by atoms with Crippen molar-refractivity contribution in [1.82, 2.24) is 4.90 Å². The Kier molecular flexibility index (Phi) is 5.21. The van der Waals surface area contributed by atoms with E-state index in [1.165, 1.54) is 29.2 Å². The third-order valence-corrected chi connectivity index (χ3v) is 4.46. The lowest BCUT2D eigenvalue weighted by molar-refractivity contribution is -0.124. The van der Waals surface area contributed by atoms with Crippen molar-refractivity contribution < 1.29 is 18.7 Å². The van der Waals surface area contributed by atoms with Crippen molar-refractivity contribution in [3.05, 3.63) is 59.9 Å². The lowest BCUT2D eigenvalue weighted by Crippen LogP contribution is -2.57. The summed E-state index contributed by atoms with van der Waals surface area (Å²) in [7, 11) is 0. The van der Waals surface area contributed by atoms with Crippen LogP contribution in [0.2, 0.25) is 0 Å². The van der Waals surface area contributed by atoms with Gasteiger partial charge < -0.3 is 14.5 Å². The molecule has 0 radical (unpaired) electrons. The van der Waals surface area contributed by atoms with Gasteiger partial charge in [0, 0.05) is 18.7 Å². The van der Waals surface area contributed by atoms with Crippen LogP contribution in [-0.2, 0) is 4.79 Å². The van der Waals surface area contributed by atoms with Gasteiger partial charge in [0.2, 0.25) is 5.91 Å². The summed E-state index contributed by atoms with van der Waals surface area (Å²) in [6.45, 7) is 4.87. The highest BCUT2D eigenvalue weighted by Gasteiger charge is 2.36. The lowest BCUT2D eigenvalue weighted by Gasteiger charge is -2.39. The summed E-state index contributed by atoms with van der Waals surface area (Å²) < 4.78 is 18.7. The van der Waals surface area contributed by atoms with Crippen LogP contribution in [0.15, 0.2) is 48.5 Å². The minimum atomic E-state index is -0.615. The number of carbonyl (C=O) groups is 2. The number of piperazine rings is 1. The van der Waals surface area contributed by atoms with E-state index in [2.05, 4.69) is 0 Å². The van der Waals surface area contributed by atoms with Crippen molar-refractivity contribution in [3.8, 4) is 5.75 Å². The van der Waals surface area contributed by atoms with Gasteiger partial charge in [0.1, 0.15) is 17.6 Å². The molecule has 1 aliphatic heterocycles. The summed E-state index contributed by atoms with van der Waals surface area (Å²) in [6.07, 6.45) is 0. The van der Waals surface area contributed by atoms with Gasteiger partial charge in [-0.05, 0) is 50.2 Å². The Morgan fingerprint density at radius 2 is 1.85 bits per heavy atom. The Bertz CT molecular complexity index is 807. The fraction of sp³-hybridized carbons (Fsp3) is 0.300. The number of anilines is 1. The maximum atomic E-state index is 13.1. The predicted molar refractivity (Wildman–Crippen MR) is 96.9 cm³/mol. The largest absolute Gasteiger partial charge is 0.492 e. The van der Waals surface area contributed by atoms with Crippen molar-refractivity contribution in [1.29, 1.82) is 0 Å². The summed E-state index contributed by atoms with van der Waals surface area (Å²) in [5.74, 6) is -0.195. The second kappa shape index (κ2) is 7.56. The number of carbonyl (C=O) groups excluding carboxylic acids is 2. The third kappa shape index (κ3) is 3.40. The Balaban J connectivity index is 1.81. The molecule has 0 N–H and O–H groups in total. The summed E-state index contributed by atoms with van der Waals surface area (Å²) >= 11 is 0. The van der Waals surface area contributed by atoms with E-state index in [9.17, 15) is 14.0 Å². The van der Waals surface area contributed by atoms with E-state index in [-0.39, 0.29) is 11.8 Å². The molecule has 1 aliphatic rings. The molecule has 1 atom stereocenters. The van der Waals surface area contributed by atoms with Crippen LogP contribution in [-0.4, -0.2) is 42.5 Å². The van der Waals surface area contributed by atoms with Crippen LogP contribution in [0.4, 0.5) is 10.1 Å². The molecule has 1 saturated heterocycles. The Morgan fingerprint density at radius 1 is 1.15 bits per heavy atom. The number of rotatable bonds is 4. The molecular formula is C20H21FN2O3. The number of amides is 2. The quantitative estimate of drug-likeness (QED) is 0.846. The number of halogens is 1. The molecule has 6 heteroatoms. The number of benzene rings is 2. The molecule has 0 bridgehead atoms. The van der Waals surface area contributed by atoms with Crippen LogP contribution in [0.3, 0.4) is 0 Å². The van der Waals surface area contributed by atoms with Gasteiger partial charge in [0.05, 0.1) is 12.3 Å². The second-order valence-corrected chi connectivity index (χ2v) is 6.07. The van der Waals surface area contributed by atoms with Gasteiger partial charge in [-0.25, -0.2) is 4.39 Å². The van der Waals surface area contributed by atoms with Gasteiger partial charge in [-0.15, -0.1) is 0 Å². The first-order chi connectivity index (χ1) is 12.5. The molecule has 5 nitrogen and oxygen atoms in total. The SMILES string of the molecule is CCOc1ccccc1N1CCN(C(=O)c2ccc(F)cc2)C(C)C1=O. The van der Waals surface area contributed by atoms with Crippen molar-refractivity contribution in [2.24, 2.45) is 0 Å². The van der Waals surface area contributed by atoms with E-state index in [1.807, 2.05) is 31.2 Å². The second-order valence-electron chi connectivity index (χ2n) is 6.07. The zero-order valence-electron chi connectivity index (χ0n) is 14.8. The van der Waals surface area contributed by atoms with Gasteiger partial charge in [-0.2, -0.15) is 0 Å². The number of nitrogens with zero attached hydrogens (tertiary/aromatic N) is 2. The minimum absolute atomic E-state index is 0.168. The van der Waals surface area contributed by atoms with Crippen LogP contribution in [0.5, 0.6) is 5.75 Å². The van der Waals surface area contributed by atoms with Crippen molar-refractivity contribution in [3.63, 3.8) is 0 Å². The topological polar surface area (TPSA) is 49.9 Å². The lowest BCUT2D eigenvalue weighted by atomic mass is 10.1. The van der Waals surface area contributed by atoms with Gasteiger partial charge in [0.25, 0.3) is 5.91 Å². The monoisotopic (exact) mass is 356 g/mol. The molecule has 1 unspecified atom stereocenters. The van der Waals surface area contributed by atoms with Gasteiger partial charge >= 0.3 is 0 Å². The number of hydrogen-bond acceptors (Lipinski definition) is 3. The summed E-state index contributed by atoms with van der Waals surface area (Å²) in [4.78, 5) is 28.8. The van der Waals surface area contributed by atoms with E-state index < -0.39 is 11.9 Å². The van der Waals surface area contributed by atoms with Gasteiger partial charge in [-0.3, -0.25) is 9.59 Å². The van der Waals surface area contributed by atoms with Gasteiger partial charge in [0.15, 0.2) is 0 Å². The molecule has 0 spiro atoms. The summed E-state index contributed by atoms with van der Waals surface area (Å²) in [5, 5.41) is 0. The molecule has 3 rings (SSSR count). The van der Waals surface area contributed by atoms with Crippen molar-refractivity contribution >= 4 is 17.5 Å². The third-order valence-electron chi connectivity index (χ3n) is 4.46. The first-order valence-electron chi connectivity index (χ1n) is 8.62. The maximum Gasteiger partial charge on any atom is 0.254 e. The van der Waals surface area contributed by atoms with E-state index in [0.717, 1.165) is 0 Å². The fourth-order valence-electron chi connectivity index (χ4n) is 3.10. The smallest absolute Gasteiger partial charge is 0.254 e. The van der Waals surface area contributed by atoms with Crippen LogP contribution < -0.4 is 9.64 Å². The molecule has 0 saturated carbocycles. The molecule has 136 valence electrons. The summed E-state index contributed by atoms with van der Waals surface area (Å²) in [6, 6.07) is 12.1. The maximum absolute atomic E-state index is 13.1. The van der Waals surface area contributed by atoms with Crippen LogP contribution >= 0.6 is 0 Å². The van der Waals surface area contributed by atoms with Crippen LogP contribution in [0.25, 0.3) is 0 Å². The van der Waals surface area contributed by atoms with E-state index in [0.29, 0.717) is 36.7 Å². The zero-order valence-corrected chi connectivity index (χ0v) is 14.8. The molecule has 1 fully saturated rings. The molecule has 2 amide bonds. The zero-order chi connectivity index (χ0) is 18.7. The molecular weight excluding hydrogens is 335 g/mol. The summed E-state index contributed by atoms with van der Waals surface area (Å²) in [5.41, 5.74) is 1.08. The molecule has 1 heterocycles. The predicted octanol–water partition coefficient (Wildman–Crippen LogP) is 3.10. The normalized spacial score (nSPS) is 17.3. The van der Waals surface area contributed by atoms with E-state index in [1.54, 1.807) is 11.8 Å². The number of hydrogen-bond donors (Lipinski definition) is 0. The number of para-hydroxylation sites is 2. The van der Waals surface area contributed by atoms with Gasteiger partial charge in [-0.1, -0.05) is 12.1 Å². The molecule has 2 aromatic rings. The average Bonchev–Trinajstić information content (AvgIpc) is 2.65.